The maximum atomic E-state index is 11.4. The van der Waals surface area contributed by atoms with Gasteiger partial charge in [-0.15, -0.1) is 4.72 Å². The lowest BCUT2D eigenvalue weighted by Gasteiger charge is -2.13. The van der Waals surface area contributed by atoms with Gasteiger partial charge in [0.1, 0.15) is 5.25 Å². The van der Waals surface area contributed by atoms with Gasteiger partial charge in [0.2, 0.25) is 0 Å². The third-order valence-electron chi connectivity index (χ3n) is 2.23. The van der Waals surface area contributed by atoms with Gasteiger partial charge in [-0.1, -0.05) is 0 Å². The molecule has 1 aromatic rings. The maximum Gasteiger partial charge on any atom is 0.129 e. The fourth-order valence-electron chi connectivity index (χ4n) is 1.25. The molecule has 2 N–H and O–H groups in total. The van der Waals surface area contributed by atoms with Gasteiger partial charge in [0.15, 0.2) is 0 Å². The Kier molecular flexibility index (Phi) is 5.14. The van der Waals surface area contributed by atoms with E-state index in [9.17, 15) is 4.55 Å². The standard InChI is InChI=1S/C10H19N3OS/c1-8(2)15(14)12-6-4-5-10-7-11-13-9(10)3/h7-8,12H,4-6H2,1-3H3,(H,11,13). The second-order valence-electron chi connectivity index (χ2n) is 3.84. The predicted molar refractivity (Wildman–Crippen MR) is 62.9 cm³/mol. The summed E-state index contributed by atoms with van der Waals surface area (Å²) in [5.74, 6) is 0. The van der Waals surface area contributed by atoms with Crippen LogP contribution in [0.4, 0.5) is 0 Å². The summed E-state index contributed by atoms with van der Waals surface area (Å²) in [6.07, 6.45) is 3.89. The predicted octanol–water partition coefficient (Wildman–Crippen LogP) is 1.31. The molecule has 4 nitrogen and oxygen atoms in total. The van der Waals surface area contributed by atoms with Crippen molar-refractivity contribution in [2.24, 2.45) is 0 Å². The summed E-state index contributed by atoms with van der Waals surface area (Å²) in [7, 11) is 0. The topological polar surface area (TPSA) is 63.8 Å². The fraction of sp³-hybridized carbons (Fsp3) is 0.700. The van der Waals surface area contributed by atoms with E-state index in [1.807, 2.05) is 27.0 Å². The number of nitrogens with one attached hydrogen (secondary N) is 2. The fourth-order valence-corrected chi connectivity index (χ4v) is 1.93. The molecule has 0 aromatic carbocycles. The number of hydrogen-bond acceptors (Lipinski definition) is 3. The molecular weight excluding hydrogens is 210 g/mol. The summed E-state index contributed by atoms with van der Waals surface area (Å²) in [5.41, 5.74) is 2.30. The highest BCUT2D eigenvalue weighted by Gasteiger charge is 2.10. The third-order valence-corrected chi connectivity index (χ3v) is 3.58. The smallest absolute Gasteiger partial charge is 0.129 e. The van der Waals surface area contributed by atoms with Crippen molar-refractivity contribution in [3.63, 3.8) is 0 Å². The van der Waals surface area contributed by atoms with Crippen molar-refractivity contribution in [1.29, 1.82) is 0 Å². The zero-order valence-corrected chi connectivity index (χ0v) is 10.4. The Morgan fingerprint density at radius 3 is 2.87 bits per heavy atom. The summed E-state index contributed by atoms with van der Waals surface area (Å²) in [5, 5.41) is 7.07. The number of hydrogen-bond donors (Lipinski definition) is 2. The first-order chi connectivity index (χ1) is 7.11. The molecule has 1 rings (SSSR count). The molecule has 1 aromatic heterocycles. The molecule has 0 aliphatic rings. The van der Waals surface area contributed by atoms with Crippen molar-refractivity contribution in [2.75, 3.05) is 6.54 Å². The van der Waals surface area contributed by atoms with E-state index in [-0.39, 0.29) is 5.25 Å². The highest BCUT2D eigenvalue weighted by atomic mass is 32.2. The molecule has 1 atom stereocenters. The number of H-pyrrole nitrogens is 1. The van der Waals surface area contributed by atoms with E-state index >= 15 is 0 Å². The van der Waals surface area contributed by atoms with Gasteiger partial charge in [0, 0.05) is 24.1 Å². The van der Waals surface area contributed by atoms with E-state index in [0.717, 1.165) is 25.1 Å². The maximum absolute atomic E-state index is 11.4. The van der Waals surface area contributed by atoms with Crippen LogP contribution < -0.4 is 4.72 Å². The van der Waals surface area contributed by atoms with Gasteiger partial charge in [-0.3, -0.25) is 5.10 Å². The summed E-state index contributed by atoms with van der Waals surface area (Å²) in [6, 6.07) is 0. The molecule has 0 radical (unpaired) electrons. The van der Waals surface area contributed by atoms with Crippen molar-refractivity contribution in [1.82, 2.24) is 14.9 Å². The second-order valence-corrected chi connectivity index (χ2v) is 5.67. The van der Waals surface area contributed by atoms with Crippen molar-refractivity contribution in [2.45, 2.75) is 38.9 Å². The second kappa shape index (κ2) is 6.15. The molecule has 1 unspecified atom stereocenters. The Balaban J connectivity index is 2.15. The average molecular weight is 229 g/mol. The number of rotatable bonds is 6. The summed E-state index contributed by atoms with van der Waals surface area (Å²) in [4.78, 5) is 0. The number of aromatic amines is 1. The molecule has 1 heterocycles. The molecule has 0 aliphatic carbocycles. The number of nitrogens with zero attached hydrogens (tertiary/aromatic N) is 1. The molecule has 0 amide bonds. The van der Waals surface area contributed by atoms with Crippen LogP contribution in [0.15, 0.2) is 6.20 Å². The molecule has 0 aliphatic heterocycles. The van der Waals surface area contributed by atoms with Crippen LogP contribution in [0.2, 0.25) is 0 Å². The average Bonchev–Trinajstić information content (AvgIpc) is 2.58. The summed E-state index contributed by atoms with van der Waals surface area (Å²) >= 11 is -0.899. The Bertz CT molecular complexity index is 288. The van der Waals surface area contributed by atoms with Crippen LogP contribution in [0.3, 0.4) is 0 Å². The van der Waals surface area contributed by atoms with Crippen molar-refractivity contribution in [3.05, 3.63) is 17.5 Å². The van der Waals surface area contributed by atoms with E-state index in [2.05, 4.69) is 14.9 Å². The van der Waals surface area contributed by atoms with Gasteiger partial charge in [0.25, 0.3) is 0 Å². The first-order valence-corrected chi connectivity index (χ1v) is 6.46. The largest absolute Gasteiger partial charge is 0.598 e. The van der Waals surface area contributed by atoms with Gasteiger partial charge in [-0.25, -0.2) is 0 Å². The normalized spacial score (nSPS) is 13.4. The number of aromatic nitrogens is 2. The van der Waals surface area contributed by atoms with Crippen molar-refractivity contribution in [3.8, 4) is 0 Å². The summed E-state index contributed by atoms with van der Waals surface area (Å²) in [6.45, 7) is 6.67. The van der Waals surface area contributed by atoms with Crippen molar-refractivity contribution >= 4 is 11.4 Å². The minimum absolute atomic E-state index is 0.181. The lowest BCUT2D eigenvalue weighted by molar-refractivity contribution is 0.569. The van der Waals surface area contributed by atoms with Gasteiger partial charge >= 0.3 is 0 Å². The number of aryl methyl sites for hydroxylation is 2. The van der Waals surface area contributed by atoms with Crippen LogP contribution in [0.25, 0.3) is 0 Å². The highest BCUT2D eigenvalue weighted by molar-refractivity contribution is 7.90. The van der Waals surface area contributed by atoms with Crippen LogP contribution >= 0.6 is 0 Å². The van der Waals surface area contributed by atoms with E-state index in [4.69, 9.17) is 0 Å². The zero-order valence-electron chi connectivity index (χ0n) is 9.54. The van der Waals surface area contributed by atoms with Crippen LogP contribution in [0.5, 0.6) is 0 Å². The monoisotopic (exact) mass is 229 g/mol. The Morgan fingerprint density at radius 2 is 2.33 bits per heavy atom. The minimum Gasteiger partial charge on any atom is -0.598 e. The molecule has 0 bridgehead atoms. The molecule has 86 valence electrons. The minimum atomic E-state index is -0.899. The SMILES string of the molecule is Cc1n[nH]cc1CCCN[S+]([O-])C(C)C. The lowest BCUT2D eigenvalue weighted by atomic mass is 10.1. The molecule has 0 saturated heterocycles. The molecule has 15 heavy (non-hydrogen) atoms. The van der Waals surface area contributed by atoms with Crippen LogP contribution in [0.1, 0.15) is 31.5 Å². The van der Waals surface area contributed by atoms with Gasteiger partial charge in [-0.05, 0) is 39.2 Å². The molecule has 0 fully saturated rings. The van der Waals surface area contributed by atoms with E-state index < -0.39 is 11.4 Å². The van der Waals surface area contributed by atoms with Gasteiger partial charge in [-0.2, -0.15) is 5.10 Å². The molecule has 0 saturated carbocycles. The lowest BCUT2D eigenvalue weighted by Crippen LogP contribution is -2.31. The van der Waals surface area contributed by atoms with E-state index in [1.54, 1.807) is 0 Å². The van der Waals surface area contributed by atoms with Crippen molar-refractivity contribution < 1.29 is 4.55 Å². The quantitative estimate of drug-likeness (QED) is 0.571. The van der Waals surface area contributed by atoms with E-state index in [0.29, 0.717) is 0 Å². The van der Waals surface area contributed by atoms with Crippen LogP contribution in [-0.2, 0) is 17.8 Å². The van der Waals surface area contributed by atoms with Crippen LogP contribution in [0, 0.1) is 6.92 Å². The Labute approximate surface area is 94.2 Å². The first-order valence-electron chi connectivity index (χ1n) is 5.24. The molecule has 5 heteroatoms. The first kappa shape index (κ1) is 12.5. The van der Waals surface area contributed by atoms with E-state index in [1.165, 1.54) is 5.56 Å². The zero-order chi connectivity index (χ0) is 11.3. The summed E-state index contributed by atoms with van der Waals surface area (Å²) < 4.78 is 14.4. The Morgan fingerprint density at radius 1 is 1.60 bits per heavy atom. The third kappa shape index (κ3) is 4.24. The van der Waals surface area contributed by atoms with Gasteiger partial charge in [0.05, 0.1) is 5.69 Å². The highest BCUT2D eigenvalue weighted by Crippen LogP contribution is 2.05. The van der Waals surface area contributed by atoms with Crippen LogP contribution in [-0.4, -0.2) is 26.5 Å². The molecule has 0 spiro atoms. The Hall–Kier alpha value is -0.520. The van der Waals surface area contributed by atoms with Gasteiger partial charge < -0.3 is 4.55 Å². The molecular formula is C10H19N3OS.